The smallest absolute Gasteiger partial charge is 0.225 e. The molecule has 0 aliphatic heterocycles. The Morgan fingerprint density at radius 2 is 1.83 bits per heavy atom. The third kappa shape index (κ3) is 5.26. The first-order chi connectivity index (χ1) is 19.8. The van der Waals surface area contributed by atoms with Crippen molar-refractivity contribution in [3.05, 3.63) is 71.9 Å². The lowest BCUT2D eigenvalue weighted by Gasteiger charge is -2.22. The van der Waals surface area contributed by atoms with Gasteiger partial charge in [0.05, 0.1) is 45.5 Å². The van der Waals surface area contributed by atoms with Crippen LogP contribution in [0.5, 0.6) is 0 Å². The van der Waals surface area contributed by atoms with Gasteiger partial charge in [-0.25, -0.2) is 14.6 Å². The largest absolute Gasteiger partial charge is 0.396 e. The standard InChI is InChI=1S/C29H32N8O3S/c1-15(18-5-7-20(8-6-18)37-12-4-10-31-37)32-29-33-16(2)23(28-35-24-17(3)30-11-9-22(24)41-28)27(36-29)34-21-13-19(14-38)25(39)26(21)40/h4-12,15,19,21,25-26,38-40H,13-14H2,1-3H3,(H2,32,33,34,36). The molecule has 5 N–H and O–H groups in total. The number of aromatic nitrogens is 6. The van der Waals surface area contributed by atoms with Crippen molar-refractivity contribution in [3.63, 3.8) is 0 Å². The van der Waals surface area contributed by atoms with E-state index in [4.69, 9.17) is 15.0 Å². The lowest BCUT2D eigenvalue weighted by Crippen LogP contribution is -2.35. The summed E-state index contributed by atoms with van der Waals surface area (Å²) in [6.07, 6.45) is 3.72. The topological polar surface area (TPSA) is 154 Å². The molecule has 212 valence electrons. The predicted octanol–water partition coefficient (Wildman–Crippen LogP) is 3.64. The van der Waals surface area contributed by atoms with Crippen molar-refractivity contribution in [2.45, 2.75) is 51.5 Å². The Kier molecular flexibility index (Phi) is 7.39. The lowest BCUT2D eigenvalue weighted by atomic mass is 10.1. The fourth-order valence-corrected chi connectivity index (χ4v) is 6.44. The number of aliphatic hydroxyl groups excluding tert-OH is 3. The molecule has 41 heavy (non-hydrogen) atoms. The summed E-state index contributed by atoms with van der Waals surface area (Å²) >= 11 is 1.52. The molecule has 12 heteroatoms. The number of fused-ring (bicyclic) bond motifs is 1. The van der Waals surface area contributed by atoms with Crippen LogP contribution in [0.2, 0.25) is 0 Å². The van der Waals surface area contributed by atoms with Crippen molar-refractivity contribution in [2.75, 3.05) is 17.2 Å². The van der Waals surface area contributed by atoms with Gasteiger partial charge in [-0.2, -0.15) is 10.1 Å². The van der Waals surface area contributed by atoms with Crippen molar-refractivity contribution in [1.29, 1.82) is 0 Å². The average molecular weight is 573 g/mol. The zero-order valence-corrected chi connectivity index (χ0v) is 23.7. The van der Waals surface area contributed by atoms with Crippen LogP contribution in [0.1, 0.15) is 36.3 Å². The number of rotatable bonds is 8. The van der Waals surface area contributed by atoms with Crippen molar-refractivity contribution in [1.82, 2.24) is 29.7 Å². The molecule has 1 saturated carbocycles. The first kappa shape index (κ1) is 27.2. The number of anilines is 2. The number of aryl methyl sites for hydroxylation is 2. The summed E-state index contributed by atoms with van der Waals surface area (Å²) < 4.78 is 2.81. The minimum absolute atomic E-state index is 0.103. The summed E-state index contributed by atoms with van der Waals surface area (Å²) in [5.74, 6) is 0.497. The molecule has 0 radical (unpaired) electrons. The first-order valence-corrected chi connectivity index (χ1v) is 14.3. The van der Waals surface area contributed by atoms with Crippen LogP contribution in [-0.4, -0.2) is 69.9 Å². The van der Waals surface area contributed by atoms with Crippen LogP contribution in [0.3, 0.4) is 0 Å². The minimum Gasteiger partial charge on any atom is -0.396 e. The molecular formula is C29H32N8O3S. The number of thiazole rings is 1. The number of nitrogens with one attached hydrogen (secondary N) is 2. The predicted molar refractivity (Wildman–Crippen MR) is 158 cm³/mol. The Bertz CT molecular complexity index is 1660. The van der Waals surface area contributed by atoms with E-state index in [1.165, 1.54) is 11.3 Å². The maximum Gasteiger partial charge on any atom is 0.225 e. The average Bonchev–Trinajstić information content (AvgIpc) is 3.70. The zero-order chi connectivity index (χ0) is 28.7. The molecule has 4 aromatic heterocycles. The molecule has 5 atom stereocenters. The second-order valence-electron chi connectivity index (χ2n) is 10.4. The van der Waals surface area contributed by atoms with Crippen LogP contribution < -0.4 is 10.6 Å². The van der Waals surface area contributed by atoms with Gasteiger partial charge in [-0.1, -0.05) is 12.1 Å². The van der Waals surface area contributed by atoms with Gasteiger partial charge in [0.1, 0.15) is 22.4 Å². The third-order valence-electron chi connectivity index (χ3n) is 7.66. The number of nitrogens with zero attached hydrogens (tertiary/aromatic N) is 6. The molecule has 1 aromatic carbocycles. The minimum atomic E-state index is -1.05. The van der Waals surface area contributed by atoms with E-state index in [1.54, 1.807) is 17.1 Å². The first-order valence-electron chi connectivity index (χ1n) is 13.5. The molecule has 0 amide bonds. The van der Waals surface area contributed by atoms with Crippen LogP contribution in [0, 0.1) is 19.8 Å². The third-order valence-corrected chi connectivity index (χ3v) is 8.70. The molecule has 1 fully saturated rings. The SMILES string of the molecule is Cc1nc(NC(C)c2ccc(-n3cccn3)cc2)nc(NC2CC(CO)C(O)C2O)c1-c1nc2c(C)nccc2s1. The van der Waals surface area contributed by atoms with E-state index in [-0.39, 0.29) is 12.6 Å². The van der Waals surface area contributed by atoms with Crippen molar-refractivity contribution in [2.24, 2.45) is 5.92 Å². The number of hydrogen-bond acceptors (Lipinski definition) is 11. The Balaban J connectivity index is 1.34. The molecule has 5 aromatic rings. The van der Waals surface area contributed by atoms with E-state index >= 15 is 0 Å². The Morgan fingerprint density at radius 3 is 2.51 bits per heavy atom. The van der Waals surface area contributed by atoms with Crippen molar-refractivity contribution in [3.8, 4) is 16.3 Å². The number of pyridine rings is 1. The fourth-order valence-electron chi connectivity index (χ4n) is 5.33. The van der Waals surface area contributed by atoms with Crippen LogP contribution in [0.4, 0.5) is 11.8 Å². The summed E-state index contributed by atoms with van der Waals surface area (Å²) in [4.78, 5) is 18.9. The quantitative estimate of drug-likeness (QED) is 0.186. The van der Waals surface area contributed by atoms with E-state index in [0.29, 0.717) is 23.9 Å². The summed E-state index contributed by atoms with van der Waals surface area (Å²) in [7, 11) is 0. The second-order valence-corrected chi connectivity index (χ2v) is 11.5. The molecule has 0 bridgehead atoms. The normalized spacial score (nSPS) is 21.3. The summed E-state index contributed by atoms with van der Waals surface area (Å²) in [6, 6.07) is 11.3. The van der Waals surface area contributed by atoms with Gasteiger partial charge in [0.15, 0.2) is 0 Å². The van der Waals surface area contributed by atoms with Crippen LogP contribution in [0.25, 0.3) is 26.5 Å². The molecule has 11 nitrogen and oxygen atoms in total. The Hall–Kier alpha value is -3.97. The molecule has 0 spiro atoms. The van der Waals surface area contributed by atoms with Crippen LogP contribution in [-0.2, 0) is 0 Å². The van der Waals surface area contributed by atoms with Crippen molar-refractivity contribution >= 4 is 33.3 Å². The van der Waals surface area contributed by atoms with Gasteiger partial charge in [0.25, 0.3) is 0 Å². The number of benzene rings is 1. The van der Waals surface area contributed by atoms with Gasteiger partial charge in [-0.3, -0.25) is 4.98 Å². The fraction of sp³-hybridized carbons (Fsp3) is 0.345. The van der Waals surface area contributed by atoms with Gasteiger partial charge < -0.3 is 26.0 Å². The molecule has 0 saturated heterocycles. The van der Waals surface area contributed by atoms with E-state index in [9.17, 15) is 15.3 Å². The van der Waals surface area contributed by atoms with E-state index in [0.717, 1.165) is 37.7 Å². The molecule has 1 aliphatic carbocycles. The number of aliphatic hydroxyl groups is 3. The highest BCUT2D eigenvalue weighted by atomic mass is 32.1. The van der Waals surface area contributed by atoms with Gasteiger partial charge in [-0.15, -0.1) is 11.3 Å². The van der Waals surface area contributed by atoms with Gasteiger partial charge in [0, 0.05) is 31.1 Å². The van der Waals surface area contributed by atoms with Crippen LogP contribution in [0.15, 0.2) is 55.0 Å². The number of hydrogen-bond donors (Lipinski definition) is 5. The van der Waals surface area contributed by atoms with Gasteiger partial charge >= 0.3 is 0 Å². The Morgan fingerprint density at radius 1 is 1.02 bits per heavy atom. The zero-order valence-electron chi connectivity index (χ0n) is 22.9. The molecule has 5 unspecified atom stereocenters. The molecule has 4 heterocycles. The molecule has 6 rings (SSSR count). The molecular weight excluding hydrogens is 540 g/mol. The maximum atomic E-state index is 10.7. The maximum absolute atomic E-state index is 10.7. The molecule has 1 aliphatic rings. The Labute approximate surface area is 241 Å². The van der Waals surface area contributed by atoms with Crippen molar-refractivity contribution < 1.29 is 15.3 Å². The van der Waals surface area contributed by atoms with Gasteiger partial charge in [0.2, 0.25) is 5.95 Å². The second kappa shape index (κ2) is 11.1. The summed E-state index contributed by atoms with van der Waals surface area (Å²) in [5, 5.41) is 42.7. The summed E-state index contributed by atoms with van der Waals surface area (Å²) in [5.41, 5.74) is 5.11. The highest BCUT2D eigenvalue weighted by Crippen LogP contribution is 2.38. The lowest BCUT2D eigenvalue weighted by molar-refractivity contribution is 0.00446. The highest BCUT2D eigenvalue weighted by molar-refractivity contribution is 7.21. The van der Waals surface area contributed by atoms with E-state index in [1.807, 2.05) is 63.4 Å². The van der Waals surface area contributed by atoms with E-state index in [2.05, 4.69) is 20.7 Å². The van der Waals surface area contributed by atoms with E-state index < -0.39 is 24.2 Å². The van der Waals surface area contributed by atoms with Crippen LogP contribution >= 0.6 is 11.3 Å². The highest BCUT2D eigenvalue weighted by Gasteiger charge is 2.41. The van der Waals surface area contributed by atoms with Gasteiger partial charge in [-0.05, 0) is 57.0 Å². The summed E-state index contributed by atoms with van der Waals surface area (Å²) in [6.45, 7) is 5.66. The monoisotopic (exact) mass is 572 g/mol.